The average molecular weight is 352 g/mol. The summed E-state index contributed by atoms with van der Waals surface area (Å²) in [6, 6.07) is 10.1. The Morgan fingerprint density at radius 3 is 2.62 bits per heavy atom. The summed E-state index contributed by atoms with van der Waals surface area (Å²) < 4.78 is 0. The number of anilines is 1. The van der Waals surface area contributed by atoms with Crippen LogP contribution in [0.1, 0.15) is 47.8 Å². The number of hydrogen-bond acceptors (Lipinski definition) is 4. The fraction of sp³-hybridized carbons (Fsp3) is 0.476. The zero-order chi connectivity index (χ0) is 18.7. The molecule has 0 aliphatic carbocycles. The summed E-state index contributed by atoms with van der Waals surface area (Å²) in [5.74, 6) is 2.00. The highest BCUT2D eigenvalue weighted by atomic mass is 16.2. The molecule has 0 bridgehead atoms. The highest BCUT2D eigenvalue weighted by Crippen LogP contribution is 2.23. The summed E-state index contributed by atoms with van der Waals surface area (Å²) in [7, 11) is 3.96. The van der Waals surface area contributed by atoms with Crippen LogP contribution >= 0.6 is 0 Å². The molecule has 5 heteroatoms. The van der Waals surface area contributed by atoms with Crippen LogP contribution in [-0.4, -0.2) is 48.0 Å². The fourth-order valence-electron chi connectivity index (χ4n) is 3.41. The molecule has 5 nitrogen and oxygen atoms in total. The van der Waals surface area contributed by atoms with Crippen LogP contribution in [0.2, 0.25) is 0 Å². The minimum atomic E-state index is 0.138. The molecular weight excluding hydrogens is 324 g/mol. The van der Waals surface area contributed by atoms with Gasteiger partial charge in [-0.1, -0.05) is 26.0 Å². The van der Waals surface area contributed by atoms with Gasteiger partial charge in [0.25, 0.3) is 5.91 Å². The maximum Gasteiger partial charge on any atom is 0.253 e. The number of carbonyl (C=O) groups is 1. The number of aromatic nitrogens is 2. The molecular formula is C21H28N4O. The molecule has 1 aromatic carbocycles. The van der Waals surface area contributed by atoms with Gasteiger partial charge in [-0.15, -0.1) is 0 Å². The van der Waals surface area contributed by atoms with E-state index in [9.17, 15) is 4.79 Å². The number of nitrogens with zero attached hydrogens (tertiary/aromatic N) is 4. The van der Waals surface area contributed by atoms with Crippen molar-refractivity contribution in [1.29, 1.82) is 0 Å². The highest BCUT2D eigenvalue weighted by Gasteiger charge is 2.27. The Morgan fingerprint density at radius 2 is 1.96 bits per heavy atom. The first-order valence-electron chi connectivity index (χ1n) is 9.31. The largest absolute Gasteiger partial charge is 0.363 e. The molecule has 0 saturated carbocycles. The summed E-state index contributed by atoms with van der Waals surface area (Å²) in [5.41, 5.74) is 3.09. The third kappa shape index (κ3) is 4.21. The number of hydrogen-bond donors (Lipinski definition) is 0. The van der Waals surface area contributed by atoms with E-state index in [2.05, 4.69) is 35.9 Å². The summed E-state index contributed by atoms with van der Waals surface area (Å²) in [6.45, 7) is 5.95. The summed E-state index contributed by atoms with van der Waals surface area (Å²) in [5, 5.41) is 0. The molecule has 0 radical (unpaired) electrons. The number of rotatable bonds is 5. The van der Waals surface area contributed by atoms with Crippen molar-refractivity contribution in [2.24, 2.45) is 5.92 Å². The van der Waals surface area contributed by atoms with Crippen molar-refractivity contribution < 1.29 is 4.79 Å². The molecule has 1 unspecified atom stereocenters. The van der Waals surface area contributed by atoms with Gasteiger partial charge >= 0.3 is 0 Å². The van der Waals surface area contributed by atoms with Crippen molar-refractivity contribution in [2.75, 3.05) is 32.1 Å². The Morgan fingerprint density at radius 1 is 1.23 bits per heavy atom. The van der Waals surface area contributed by atoms with E-state index in [1.807, 2.05) is 42.1 Å². The third-order valence-corrected chi connectivity index (χ3v) is 5.06. The summed E-state index contributed by atoms with van der Waals surface area (Å²) in [4.78, 5) is 25.4. The third-order valence-electron chi connectivity index (χ3n) is 5.06. The minimum absolute atomic E-state index is 0.138. The normalized spacial score (nSPS) is 17.0. The second kappa shape index (κ2) is 7.85. The van der Waals surface area contributed by atoms with E-state index in [1.165, 1.54) is 5.56 Å². The first-order chi connectivity index (χ1) is 12.4. The average Bonchev–Trinajstić information content (AvgIpc) is 3.09. The number of amides is 1. The summed E-state index contributed by atoms with van der Waals surface area (Å²) >= 11 is 0. The lowest BCUT2D eigenvalue weighted by atomic mass is 10.0. The topological polar surface area (TPSA) is 49.3 Å². The molecule has 2 aromatic rings. The summed E-state index contributed by atoms with van der Waals surface area (Å²) in [6.07, 6.45) is 3.54. The van der Waals surface area contributed by atoms with E-state index >= 15 is 0 Å². The molecule has 1 amide bonds. The van der Waals surface area contributed by atoms with Crippen molar-refractivity contribution in [2.45, 2.75) is 32.6 Å². The van der Waals surface area contributed by atoms with Crippen LogP contribution in [0, 0.1) is 5.92 Å². The van der Waals surface area contributed by atoms with E-state index in [0.717, 1.165) is 43.0 Å². The molecule has 1 aliphatic rings. The molecule has 3 rings (SSSR count). The van der Waals surface area contributed by atoms with Crippen molar-refractivity contribution in [1.82, 2.24) is 14.9 Å². The SMILES string of the molecule is CC(C)c1ccc(C(=O)N2CCC(Cc3cc(N(C)C)ncn3)C2)cc1. The molecule has 138 valence electrons. The second-order valence-corrected chi connectivity index (χ2v) is 7.65. The van der Waals surface area contributed by atoms with Gasteiger partial charge in [0.05, 0.1) is 0 Å². The Balaban J connectivity index is 1.61. The zero-order valence-corrected chi connectivity index (χ0v) is 16.1. The first-order valence-corrected chi connectivity index (χ1v) is 9.31. The van der Waals surface area contributed by atoms with Gasteiger partial charge in [-0.3, -0.25) is 4.79 Å². The van der Waals surface area contributed by atoms with Crippen molar-refractivity contribution in [3.8, 4) is 0 Å². The first kappa shape index (κ1) is 18.4. The smallest absolute Gasteiger partial charge is 0.253 e. The van der Waals surface area contributed by atoms with Crippen molar-refractivity contribution in [3.05, 3.63) is 53.5 Å². The van der Waals surface area contributed by atoms with Gasteiger partial charge in [0.1, 0.15) is 12.1 Å². The lowest BCUT2D eigenvalue weighted by Gasteiger charge is -2.17. The van der Waals surface area contributed by atoms with E-state index in [1.54, 1.807) is 6.33 Å². The fourth-order valence-corrected chi connectivity index (χ4v) is 3.41. The van der Waals surface area contributed by atoms with Crippen molar-refractivity contribution >= 4 is 11.7 Å². The molecule has 1 aromatic heterocycles. The number of benzene rings is 1. The Hall–Kier alpha value is -2.43. The van der Waals surface area contributed by atoms with Crippen LogP contribution < -0.4 is 4.90 Å². The van der Waals surface area contributed by atoms with Gasteiger partial charge in [-0.25, -0.2) is 9.97 Å². The van der Waals surface area contributed by atoms with Gasteiger partial charge in [0, 0.05) is 44.5 Å². The molecule has 0 spiro atoms. The van der Waals surface area contributed by atoms with Crippen LogP contribution in [0.5, 0.6) is 0 Å². The maximum atomic E-state index is 12.8. The Kier molecular flexibility index (Phi) is 5.55. The monoisotopic (exact) mass is 352 g/mol. The molecule has 2 heterocycles. The molecule has 1 aliphatic heterocycles. The van der Waals surface area contributed by atoms with E-state index in [0.29, 0.717) is 11.8 Å². The lowest BCUT2D eigenvalue weighted by molar-refractivity contribution is 0.0787. The van der Waals surface area contributed by atoms with Crippen molar-refractivity contribution in [3.63, 3.8) is 0 Å². The van der Waals surface area contributed by atoms with E-state index < -0.39 is 0 Å². The minimum Gasteiger partial charge on any atom is -0.363 e. The van der Waals surface area contributed by atoms with E-state index in [4.69, 9.17) is 0 Å². The molecule has 1 fully saturated rings. The van der Waals surface area contributed by atoms with Gasteiger partial charge < -0.3 is 9.80 Å². The molecule has 1 saturated heterocycles. The predicted molar refractivity (Wildman–Crippen MR) is 105 cm³/mol. The number of likely N-dealkylation sites (tertiary alicyclic amines) is 1. The zero-order valence-electron chi connectivity index (χ0n) is 16.1. The predicted octanol–water partition coefficient (Wildman–Crippen LogP) is 3.37. The van der Waals surface area contributed by atoms with Gasteiger partial charge in [-0.05, 0) is 42.4 Å². The van der Waals surface area contributed by atoms with Gasteiger partial charge in [0.15, 0.2) is 0 Å². The second-order valence-electron chi connectivity index (χ2n) is 7.65. The van der Waals surface area contributed by atoms with Gasteiger partial charge in [0.2, 0.25) is 0 Å². The van der Waals surface area contributed by atoms with E-state index in [-0.39, 0.29) is 5.91 Å². The molecule has 1 atom stereocenters. The lowest BCUT2D eigenvalue weighted by Crippen LogP contribution is -2.29. The quantitative estimate of drug-likeness (QED) is 0.828. The number of carbonyl (C=O) groups excluding carboxylic acids is 1. The highest BCUT2D eigenvalue weighted by molar-refractivity contribution is 5.94. The Labute approximate surface area is 156 Å². The van der Waals surface area contributed by atoms with Crippen LogP contribution in [-0.2, 0) is 6.42 Å². The molecule has 26 heavy (non-hydrogen) atoms. The van der Waals surface area contributed by atoms with Crippen LogP contribution in [0.25, 0.3) is 0 Å². The van der Waals surface area contributed by atoms with Crippen LogP contribution in [0.3, 0.4) is 0 Å². The maximum absolute atomic E-state index is 12.8. The standard InChI is InChI=1S/C21H28N4O/c1-15(2)17-5-7-18(8-6-17)21(26)25-10-9-16(13-25)11-19-12-20(24(3)4)23-14-22-19/h5-8,12,14-16H,9-11,13H2,1-4H3. The molecule has 0 N–H and O–H groups in total. The van der Waals surface area contributed by atoms with Crippen LogP contribution in [0.4, 0.5) is 5.82 Å². The van der Waals surface area contributed by atoms with Gasteiger partial charge in [-0.2, -0.15) is 0 Å². The van der Waals surface area contributed by atoms with Crippen LogP contribution in [0.15, 0.2) is 36.7 Å². The Bertz CT molecular complexity index is 755.